The van der Waals surface area contributed by atoms with Crippen LogP contribution in [0.15, 0.2) is 53.7 Å². The van der Waals surface area contributed by atoms with Gasteiger partial charge in [0.2, 0.25) is 0 Å². The van der Waals surface area contributed by atoms with Crippen molar-refractivity contribution in [2.45, 2.75) is 6.61 Å². The Hall–Kier alpha value is -2.36. The molecule has 19 heavy (non-hydrogen) atoms. The molecule has 2 aromatic carbocycles. The largest absolute Gasteiger partial charge is 0.497 e. The maximum absolute atomic E-state index is 12.7. The number of rotatable bonds is 5. The molecule has 1 radical (unpaired) electrons. The fraction of sp³-hybridized carbons (Fsp3) is 0.133. The van der Waals surface area contributed by atoms with Crippen LogP contribution in [0.5, 0.6) is 5.75 Å². The second kappa shape index (κ2) is 6.54. The van der Waals surface area contributed by atoms with Gasteiger partial charge in [0.25, 0.3) is 0 Å². The van der Waals surface area contributed by atoms with Crippen LogP contribution in [0.25, 0.3) is 0 Å². The molecule has 97 valence electrons. The van der Waals surface area contributed by atoms with Crippen molar-refractivity contribution in [3.05, 3.63) is 65.5 Å². The van der Waals surface area contributed by atoms with Gasteiger partial charge in [0, 0.05) is 5.56 Å². The maximum Gasteiger partial charge on any atom is 0.142 e. The Labute approximate surface area is 111 Å². The van der Waals surface area contributed by atoms with Crippen LogP contribution in [0.3, 0.4) is 0 Å². The molecule has 0 amide bonds. The first kappa shape index (κ1) is 13.1. The van der Waals surface area contributed by atoms with E-state index >= 15 is 0 Å². The summed E-state index contributed by atoms with van der Waals surface area (Å²) in [6.45, 7) is 0.345. The van der Waals surface area contributed by atoms with Crippen molar-refractivity contribution in [2.24, 2.45) is 5.16 Å². The van der Waals surface area contributed by atoms with Crippen molar-refractivity contribution in [1.29, 1.82) is 0 Å². The topological polar surface area (TPSA) is 30.8 Å². The Bertz CT molecular complexity index is 535. The smallest absolute Gasteiger partial charge is 0.142 e. The van der Waals surface area contributed by atoms with Crippen LogP contribution in [0.4, 0.5) is 4.39 Å². The molecule has 0 aliphatic carbocycles. The van der Waals surface area contributed by atoms with E-state index in [2.05, 4.69) is 11.4 Å². The molecule has 3 nitrogen and oxygen atoms in total. The molecule has 0 fully saturated rings. The Kier molecular flexibility index (Phi) is 4.50. The van der Waals surface area contributed by atoms with Crippen LogP contribution in [0, 0.1) is 5.82 Å². The van der Waals surface area contributed by atoms with Crippen molar-refractivity contribution in [3.8, 4) is 5.75 Å². The van der Waals surface area contributed by atoms with E-state index in [1.807, 2.05) is 24.3 Å². The summed E-state index contributed by atoms with van der Waals surface area (Å²) in [5, 5.41) is 3.71. The average Bonchev–Trinajstić information content (AvgIpc) is 2.46. The third kappa shape index (κ3) is 4.10. The minimum atomic E-state index is -0.287. The van der Waals surface area contributed by atoms with E-state index in [0.29, 0.717) is 12.2 Å². The Morgan fingerprint density at radius 1 is 1.05 bits per heavy atom. The number of hydrogen-bond donors (Lipinski definition) is 0. The zero-order valence-electron chi connectivity index (χ0n) is 10.5. The third-order valence-corrected chi connectivity index (χ3v) is 2.47. The van der Waals surface area contributed by atoms with Crippen molar-refractivity contribution in [3.63, 3.8) is 0 Å². The number of halogens is 1. The summed E-state index contributed by atoms with van der Waals surface area (Å²) >= 11 is 0. The standard InChI is InChI=1S/C15H13FNO2/c1-18-15-8-4-13(5-9-15)11-19-17-10-12-2-6-14(16)7-3-12/h2-9H,11H2,1H3. The first-order chi connectivity index (χ1) is 9.28. The molecule has 0 saturated carbocycles. The number of hydrogen-bond acceptors (Lipinski definition) is 3. The van der Waals surface area contributed by atoms with Crippen LogP contribution in [0.1, 0.15) is 11.1 Å². The van der Waals surface area contributed by atoms with E-state index in [1.54, 1.807) is 19.2 Å². The summed E-state index contributed by atoms with van der Waals surface area (Å²) in [6.07, 6.45) is 2.68. The van der Waals surface area contributed by atoms with E-state index in [0.717, 1.165) is 11.3 Å². The summed E-state index contributed by atoms with van der Waals surface area (Å²) in [6, 6.07) is 13.4. The third-order valence-electron chi connectivity index (χ3n) is 2.47. The van der Waals surface area contributed by atoms with Crippen molar-refractivity contribution < 1.29 is 14.0 Å². The zero-order chi connectivity index (χ0) is 13.5. The minimum absolute atomic E-state index is 0.287. The zero-order valence-corrected chi connectivity index (χ0v) is 10.5. The van der Waals surface area contributed by atoms with E-state index in [-0.39, 0.29) is 5.82 Å². The van der Waals surface area contributed by atoms with Gasteiger partial charge in [-0.05, 0) is 42.0 Å². The highest BCUT2D eigenvalue weighted by Crippen LogP contribution is 2.11. The molecular weight excluding hydrogens is 245 g/mol. The summed E-state index contributed by atoms with van der Waals surface area (Å²) in [5.41, 5.74) is 1.64. The van der Waals surface area contributed by atoms with Crippen molar-refractivity contribution in [1.82, 2.24) is 0 Å². The van der Waals surface area contributed by atoms with E-state index in [9.17, 15) is 4.39 Å². The van der Waals surface area contributed by atoms with Gasteiger partial charge in [0.05, 0.1) is 7.11 Å². The van der Waals surface area contributed by atoms with Crippen LogP contribution in [0.2, 0.25) is 0 Å². The molecule has 0 heterocycles. The Morgan fingerprint density at radius 2 is 1.74 bits per heavy atom. The molecule has 2 rings (SSSR count). The van der Waals surface area contributed by atoms with Crippen molar-refractivity contribution in [2.75, 3.05) is 7.11 Å². The lowest BCUT2D eigenvalue weighted by atomic mass is 10.2. The number of nitrogens with zero attached hydrogens (tertiary/aromatic N) is 1. The van der Waals surface area contributed by atoms with Gasteiger partial charge in [-0.25, -0.2) is 4.39 Å². The molecule has 0 atom stereocenters. The monoisotopic (exact) mass is 258 g/mol. The van der Waals surface area contributed by atoms with Crippen LogP contribution < -0.4 is 4.74 Å². The van der Waals surface area contributed by atoms with Gasteiger partial charge >= 0.3 is 0 Å². The van der Waals surface area contributed by atoms with Gasteiger partial charge in [-0.15, -0.1) is 0 Å². The molecule has 0 spiro atoms. The lowest BCUT2D eigenvalue weighted by Crippen LogP contribution is -1.89. The molecule has 0 unspecified atom stereocenters. The summed E-state index contributed by atoms with van der Waals surface area (Å²) in [4.78, 5) is 5.11. The first-order valence-corrected chi connectivity index (χ1v) is 5.74. The molecule has 2 aromatic rings. The second-order valence-electron chi connectivity index (χ2n) is 3.83. The summed E-state index contributed by atoms with van der Waals surface area (Å²) in [5.74, 6) is 0.509. The SMILES string of the molecule is COc1ccc(CO/N=[C]\c2ccc(F)cc2)cc1. The predicted octanol–water partition coefficient (Wildman–Crippen LogP) is 3.26. The van der Waals surface area contributed by atoms with Gasteiger partial charge < -0.3 is 9.57 Å². The number of benzene rings is 2. The van der Waals surface area contributed by atoms with Crippen LogP contribution in [-0.4, -0.2) is 13.3 Å². The van der Waals surface area contributed by atoms with Gasteiger partial charge in [-0.3, -0.25) is 0 Å². The second-order valence-corrected chi connectivity index (χ2v) is 3.83. The van der Waals surface area contributed by atoms with Crippen LogP contribution in [-0.2, 0) is 11.4 Å². The first-order valence-electron chi connectivity index (χ1n) is 5.74. The highest BCUT2D eigenvalue weighted by molar-refractivity contribution is 5.78. The van der Waals surface area contributed by atoms with Gasteiger partial charge in [-0.2, -0.15) is 0 Å². The maximum atomic E-state index is 12.7. The average molecular weight is 258 g/mol. The van der Waals surface area contributed by atoms with Gasteiger partial charge in [-0.1, -0.05) is 17.3 Å². The lowest BCUT2D eigenvalue weighted by Gasteiger charge is -2.02. The quantitative estimate of drug-likeness (QED) is 0.608. The molecule has 0 N–H and O–H groups in total. The summed E-state index contributed by atoms with van der Waals surface area (Å²) < 4.78 is 17.7. The molecular formula is C15H13FNO2. The molecule has 0 saturated heterocycles. The molecule has 0 aliphatic rings. The predicted molar refractivity (Wildman–Crippen MR) is 70.7 cm³/mol. The number of methoxy groups -OCH3 is 1. The minimum Gasteiger partial charge on any atom is -0.497 e. The molecule has 0 aromatic heterocycles. The number of ether oxygens (including phenoxy) is 1. The normalized spacial score (nSPS) is 10.6. The Balaban J connectivity index is 1.83. The van der Waals surface area contributed by atoms with E-state index in [4.69, 9.17) is 9.57 Å². The molecule has 0 bridgehead atoms. The van der Waals surface area contributed by atoms with Gasteiger partial charge in [0.15, 0.2) is 0 Å². The Morgan fingerprint density at radius 3 is 2.37 bits per heavy atom. The van der Waals surface area contributed by atoms with E-state index < -0.39 is 0 Å². The van der Waals surface area contributed by atoms with Crippen molar-refractivity contribution >= 4 is 6.21 Å². The van der Waals surface area contributed by atoms with Crippen LogP contribution >= 0.6 is 0 Å². The molecule has 0 aliphatic heterocycles. The molecule has 4 heteroatoms. The highest BCUT2D eigenvalue weighted by Gasteiger charge is 1.95. The fourth-order valence-electron chi connectivity index (χ4n) is 1.44. The van der Waals surface area contributed by atoms with Gasteiger partial charge in [0.1, 0.15) is 24.4 Å². The highest BCUT2D eigenvalue weighted by atomic mass is 19.1. The summed E-state index contributed by atoms with van der Waals surface area (Å²) in [7, 11) is 1.62. The van der Waals surface area contributed by atoms with E-state index in [1.165, 1.54) is 12.1 Å². The lowest BCUT2D eigenvalue weighted by molar-refractivity contribution is 0.132. The fourth-order valence-corrected chi connectivity index (χ4v) is 1.44.